The van der Waals surface area contributed by atoms with Crippen LogP contribution in [0.1, 0.15) is 55.4 Å². The fraction of sp³-hybridized carbons (Fsp3) is 1.00. The fourth-order valence-electron chi connectivity index (χ4n) is 4.26. The molecule has 0 radical (unpaired) electrons. The summed E-state index contributed by atoms with van der Waals surface area (Å²) < 4.78 is 12.6. The summed E-state index contributed by atoms with van der Waals surface area (Å²) in [5, 5.41) is 0. The monoisotopic (exact) mass is 269 g/mol. The van der Waals surface area contributed by atoms with Gasteiger partial charge in [0.2, 0.25) is 0 Å². The summed E-state index contributed by atoms with van der Waals surface area (Å²) in [7, 11) is 2.23. The van der Waals surface area contributed by atoms with Crippen molar-refractivity contribution in [2.45, 2.75) is 72.3 Å². The van der Waals surface area contributed by atoms with Crippen molar-refractivity contribution in [1.82, 2.24) is 4.90 Å². The van der Waals surface area contributed by atoms with E-state index in [0.29, 0.717) is 13.2 Å². The highest BCUT2D eigenvalue weighted by Gasteiger charge is 2.74. The zero-order valence-corrected chi connectivity index (χ0v) is 14.2. The van der Waals surface area contributed by atoms with Crippen LogP contribution in [0.15, 0.2) is 0 Å². The Kier molecular flexibility index (Phi) is 3.01. The van der Waals surface area contributed by atoms with E-state index in [-0.39, 0.29) is 21.9 Å². The van der Waals surface area contributed by atoms with E-state index in [1.807, 2.05) is 0 Å². The number of ether oxygens (including phenoxy) is 2. The van der Waals surface area contributed by atoms with Gasteiger partial charge in [0.15, 0.2) is 5.79 Å². The molecule has 0 unspecified atom stereocenters. The lowest BCUT2D eigenvalue weighted by molar-refractivity contribution is -0.371. The fourth-order valence-corrected chi connectivity index (χ4v) is 4.26. The quantitative estimate of drug-likeness (QED) is 0.673. The predicted molar refractivity (Wildman–Crippen MR) is 78.1 cm³/mol. The summed E-state index contributed by atoms with van der Waals surface area (Å²) in [5.74, 6) is -0.528. The minimum atomic E-state index is -0.528. The Morgan fingerprint density at radius 1 is 0.684 bits per heavy atom. The van der Waals surface area contributed by atoms with Crippen molar-refractivity contribution in [3.63, 3.8) is 0 Å². The molecule has 0 bridgehead atoms. The van der Waals surface area contributed by atoms with E-state index in [1.54, 1.807) is 0 Å². The van der Waals surface area contributed by atoms with Gasteiger partial charge in [0, 0.05) is 21.9 Å². The Morgan fingerprint density at radius 2 is 1.00 bits per heavy atom. The SMILES string of the molecule is CN1C(C)(C)C(C)(C)C2(OCCO2)C(C)(C)C1(C)C. The molecule has 1 spiro atoms. The molecule has 112 valence electrons. The van der Waals surface area contributed by atoms with Gasteiger partial charge in [0.05, 0.1) is 13.2 Å². The van der Waals surface area contributed by atoms with Gasteiger partial charge in [0.1, 0.15) is 0 Å². The van der Waals surface area contributed by atoms with E-state index in [9.17, 15) is 0 Å². The standard InChI is InChI=1S/C16H31NO2/c1-12(2)14(5,6)17(9)15(7,8)13(3,4)16(12)18-10-11-19-16/h10-11H2,1-9H3. The summed E-state index contributed by atoms with van der Waals surface area (Å²) in [6.07, 6.45) is 0. The van der Waals surface area contributed by atoms with Crippen molar-refractivity contribution in [2.75, 3.05) is 20.3 Å². The van der Waals surface area contributed by atoms with Gasteiger partial charge in [-0.25, -0.2) is 0 Å². The first-order valence-electron chi connectivity index (χ1n) is 7.38. The maximum atomic E-state index is 6.28. The highest BCUT2D eigenvalue weighted by atomic mass is 16.7. The highest BCUT2D eigenvalue weighted by Crippen LogP contribution is 2.65. The Hall–Kier alpha value is -0.120. The van der Waals surface area contributed by atoms with Gasteiger partial charge in [0.25, 0.3) is 0 Å². The van der Waals surface area contributed by atoms with Crippen LogP contribution in [0.25, 0.3) is 0 Å². The number of hydrogen-bond acceptors (Lipinski definition) is 3. The van der Waals surface area contributed by atoms with Gasteiger partial charge >= 0.3 is 0 Å². The van der Waals surface area contributed by atoms with E-state index in [0.717, 1.165) is 0 Å². The lowest BCUT2D eigenvalue weighted by Crippen LogP contribution is -2.81. The molecule has 3 heteroatoms. The third-order valence-corrected chi connectivity index (χ3v) is 7.08. The number of piperidine rings is 1. The van der Waals surface area contributed by atoms with Crippen LogP contribution in [0, 0.1) is 10.8 Å². The van der Waals surface area contributed by atoms with Crippen molar-refractivity contribution in [1.29, 1.82) is 0 Å². The maximum Gasteiger partial charge on any atom is 0.182 e. The van der Waals surface area contributed by atoms with Crippen LogP contribution >= 0.6 is 0 Å². The molecule has 0 N–H and O–H groups in total. The van der Waals surface area contributed by atoms with Crippen LogP contribution < -0.4 is 0 Å². The summed E-state index contributed by atoms with van der Waals surface area (Å²) in [4.78, 5) is 2.50. The molecule has 0 saturated carbocycles. The highest BCUT2D eigenvalue weighted by molar-refractivity contribution is 5.21. The van der Waals surface area contributed by atoms with E-state index in [4.69, 9.17) is 9.47 Å². The van der Waals surface area contributed by atoms with Crippen LogP contribution in [0.4, 0.5) is 0 Å². The molecule has 0 aliphatic carbocycles. The van der Waals surface area contributed by atoms with Crippen molar-refractivity contribution in [3.8, 4) is 0 Å². The second-order valence-corrected chi connectivity index (χ2v) is 8.24. The molecule has 3 nitrogen and oxygen atoms in total. The van der Waals surface area contributed by atoms with Crippen LogP contribution in [-0.4, -0.2) is 42.0 Å². The average Bonchev–Trinajstić information content (AvgIpc) is 2.76. The van der Waals surface area contributed by atoms with Crippen molar-refractivity contribution in [3.05, 3.63) is 0 Å². The summed E-state index contributed by atoms with van der Waals surface area (Å²) in [6.45, 7) is 19.7. The minimum absolute atomic E-state index is 0.0175. The molecule has 0 amide bonds. The van der Waals surface area contributed by atoms with Crippen molar-refractivity contribution in [2.24, 2.45) is 10.8 Å². The number of hydrogen-bond donors (Lipinski definition) is 0. The first-order valence-corrected chi connectivity index (χ1v) is 7.38. The average molecular weight is 269 g/mol. The summed E-state index contributed by atoms with van der Waals surface area (Å²) in [5.41, 5.74) is -0.249. The lowest BCUT2D eigenvalue weighted by atomic mass is 9.50. The third-order valence-electron chi connectivity index (χ3n) is 7.08. The Labute approximate surface area is 118 Å². The van der Waals surface area contributed by atoms with Crippen LogP contribution in [-0.2, 0) is 9.47 Å². The maximum absolute atomic E-state index is 6.28. The third kappa shape index (κ3) is 1.39. The Bertz CT molecular complexity index is 346. The molecule has 0 atom stereocenters. The predicted octanol–water partition coefficient (Wildman–Crippen LogP) is 3.28. The van der Waals surface area contributed by atoms with Crippen LogP contribution in [0.3, 0.4) is 0 Å². The molecule has 2 rings (SSSR count). The van der Waals surface area contributed by atoms with Crippen LogP contribution in [0.5, 0.6) is 0 Å². The summed E-state index contributed by atoms with van der Waals surface area (Å²) >= 11 is 0. The first kappa shape index (κ1) is 15.3. The van der Waals surface area contributed by atoms with Crippen molar-refractivity contribution >= 4 is 0 Å². The molecule has 2 aliphatic rings. The Morgan fingerprint density at radius 3 is 1.32 bits per heavy atom. The molecule has 19 heavy (non-hydrogen) atoms. The van der Waals surface area contributed by atoms with E-state index >= 15 is 0 Å². The normalized spacial score (nSPS) is 34.6. The van der Waals surface area contributed by atoms with Gasteiger partial charge in [-0.1, -0.05) is 27.7 Å². The van der Waals surface area contributed by atoms with Gasteiger partial charge in [-0.3, -0.25) is 4.90 Å². The van der Waals surface area contributed by atoms with Gasteiger partial charge in [-0.15, -0.1) is 0 Å². The zero-order valence-electron chi connectivity index (χ0n) is 14.2. The smallest absolute Gasteiger partial charge is 0.182 e. The Balaban J connectivity index is 2.70. The molecule has 0 aromatic carbocycles. The molecular formula is C16H31NO2. The molecule has 2 heterocycles. The number of rotatable bonds is 0. The van der Waals surface area contributed by atoms with E-state index < -0.39 is 5.79 Å². The molecule has 0 aromatic rings. The second-order valence-electron chi connectivity index (χ2n) is 8.24. The second kappa shape index (κ2) is 3.75. The first-order chi connectivity index (χ1) is 8.36. The van der Waals surface area contributed by atoms with Gasteiger partial charge in [-0.2, -0.15) is 0 Å². The van der Waals surface area contributed by atoms with E-state index in [1.165, 1.54) is 0 Å². The lowest BCUT2D eigenvalue weighted by Gasteiger charge is -2.72. The van der Waals surface area contributed by atoms with Crippen molar-refractivity contribution < 1.29 is 9.47 Å². The molecule has 0 aromatic heterocycles. The van der Waals surface area contributed by atoms with E-state index in [2.05, 4.69) is 67.3 Å². The van der Waals surface area contributed by atoms with Crippen LogP contribution in [0.2, 0.25) is 0 Å². The largest absolute Gasteiger partial charge is 0.346 e. The molecular weight excluding hydrogens is 238 g/mol. The van der Waals surface area contributed by atoms with Gasteiger partial charge < -0.3 is 9.47 Å². The minimum Gasteiger partial charge on any atom is -0.346 e. The topological polar surface area (TPSA) is 21.7 Å². The van der Waals surface area contributed by atoms with Gasteiger partial charge in [-0.05, 0) is 34.7 Å². The summed E-state index contributed by atoms with van der Waals surface area (Å²) in [6, 6.07) is 0. The zero-order chi connectivity index (χ0) is 14.9. The molecule has 2 fully saturated rings. The molecule has 2 aliphatic heterocycles. The number of nitrogens with zero attached hydrogens (tertiary/aromatic N) is 1. The molecule has 2 saturated heterocycles. The number of likely N-dealkylation sites (tertiary alicyclic amines) is 1.